The molecule has 0 aliphatic carbocycles. The molecular weight excluding hydrogens is 246 g/mol. The number of amides is 2. The van der Waals surface area contributed by atoms with Crippen molar-refractivity contribution in [2.45, 2.75) is 24.7 Å². The minimum atomic E-state index is -0.0180. The Labute approximate surface area is 112 Å². The molecule has 2 rings (SSSR count). The number of carbonyl (C=O) groups is 1. The molecule has 98 valence electrons. The molecule has 0 saturated heterocycles. The van der Waals surface area contributed by atoms with Crippen LogP contribution in [0.15, 0.2) is 23.1 Å². The van der Waals surface area contributed by atoms with Crippen LogP contribution in [0, 0.1) is 0 Å². The van der Waals surface area contributed by atoms with Crippen LogP contribution in [0.3, 0.4) is 0 Å². The van der Waals surface area contributed by atoms with Gasteiger partial charge in [0.2, 0.25) is 0 Å². The van der Waals surface area contributed by atoms with Gasteiger partial charge in [-0.25, -0.2) is 4.79 Å². The minimum Gasteiger partial charge on any atom is -0.399 e. The van der Waals surface area contributed by atoms with Crippen LogP contribution in [-0.4, -0.2) is 24.9 Å². The largest absolute Gasteiger partial charge is 0.399 e. The van der Waals surface area contributed by atoms with Crippen LogP contribution in [0.25, 0.3) is 0 Å². The lowest BCUT2D eigenvalue weighted by Crippen LogP contribution is -2.43. The van der Waals surface area contributed by atoms with Gasteiger partial charge < -0.3 is 11.1 Å². The molecule has 2 amide bonds. The van der Waals surface area contributed by atoms with Crippen molar-refractivity contribution in [3.8, 4) is 0 Å². The van der Waals surface area contributed by atoms with E-state index in [2.05, 4.69) is 12.2 Å². The Morgan fingerprint density at radius 1 is 1.56 bits per heavy atom. The summed E-state index contributed by atoms with van der Waals surface area (Å²) in [4.78, 5) is 15.0. The highest BCUT2D eigenvalue weighted by Crippen LogP contribution is 2.35. The Morgan fingerprint density at radius 2 is 2.39 bits per heavy atom. The lowest BCUT2D eigenvalue weighted by atomic mass is 10.2. The van der Waals surface area contributed by atoms with Gasteiger partial charge in [0, 0.05) is 29.4 Å². The number of urea groups is 1. The number of unbranched alkanes of at least 4 members (excludes halogenated alkanes) is 1. The van der Waals surface area contributed by atoms with Gasteiger partial charge in [0.05, 0.1) is 5.69 Å². The standard InChI is InChI=1S/C13H19N3OS/c1-2-3-6-15-13(17)16-7-8-18-12-5-4-10(14)9-11(12)16/h4-5,9H,2-3,6-8,14H2,1H3,(H,15,17). The van der Waals surface area contributed by atoms with Crippen molar-refractivity contribution in [2.24, 2.45) is 0 Å². The Kier molecular flexibility index (Phi) is 4.36. The molecule has 0 aromatic heterocycles. The molecule has 1 aliphatic heterocycles. The maximum absolute atomic E-state index is 12.1. The van der Waals surface area contributed by atoms with E-state index in [0.717, 1.165) is 42.3 Å². The minimum absolute atomic E-state index is 0.0180. The van der Waals surface area contributed by atoms with Crippen LogP contribution in [0.1, 0.15) is 19.8 Å². The fraction of sp³-hybridized carbons (Fsp3) is 0.462. The number of nitrogens with one attached hydrogen (secondary N) is 1. The quantitative estimate of drug-likeness (QED) is 0.652. The third-order valence-corrected chi connectivity index (χ3v) is 3.94. The smallest absolute Gasteiger partial charge is 0.321 e. The second kappa shape index (κ2) is 6.00. The summed E-state index contributed by atoms with van der Waals surface area (Å²) in [7, 11) is 0. The van der Waals surface area contributed by atoms with Crippen molar-refractivity contribution in [3.05, 3.63) is 18.2 Å². The van der Waals surface area contributed by atoms with Gasteiger partial charge >= 0.3 is 6.03 Å². The lowest BCUT2D eigenvalue weighted by Gasteiger charge is -2.29. The summed E-state index contributed by atoms with van der Waals surface area (Å²) in [5.41, 5.74) is 7.43. The number of rotatable bonds is 3. The summed E-state index contributed by atoms with van der Waals surface area (Å²) in [5.74, 6) is 0.929. The number of hydrogen-bond donors (Lipinski definition) is 2. The van der Waals surface area contributed by atoms with Crippen LogP contribution < -0.4 is 16.0 Å². The molecule has 4 nitrogen and oxygen atoms in total. The first-order chi connectivity index (χ1) is 8.72. The summed E-state index contributed by atoms with van der Waals surface area (Å²) in [6.45, 7) is 3.58. The van der Waals surface area contributed by atoms with Crippen molar-refractivity contribution in [3.63, 3.8) is 0 Å². The first kappa shape index (κ1) is 13.1. The van der Waals surface area contributed by atoms with Crippen molar-refractivity contribution < 1.29 is 4.79 Å². The molecule has 1 aliphatic rings. The number of thioether (sulfide) groups is 1. The Bertz CT molecular complexity index is 436. The lowest BCUT2D eigenvalue weighted by molar-refractivity contribution is 0.246. The van der Waals surface area contributed by atoms with Crippen LogP contribution in [0.5, 0.6) is 0 Å². The Hall–Kier alpha value is -1.36. The van der Waals surface area contributed by atoms with Gasteiger partial charge in [-0.3, -0.25) is 4.90 Å². The van der Waals surface area contributed by atoms with Gasteiger partial charge in [0.1, 0.15) is 0 Å². The zero-order chi connectivity index (χ0) is 13.0. The molecule has 0 radical (unpaired) electrons. The predicted octanol–water partition coefficient (Wildman–Crippen LogP) is 2.69. The first-order valence-electron chi connectivity index (χ1n) is 6.30. The van der Waals surface area contributed by atoms with Gasteiger partial charge in [-0.15, -0.1) is 11.8 Å². The van der Waals surface area contributed by atoms with Crippen LogP contribution in [0.4, 0.5) is 16.2 Å². The van der Waals surface area contributed by atoms with Gasteiger partial charge in [0.15, 0.2) is 0 Å². The summed E-state index contributed by atoms with van der Waals surface area (Å²) in [5, 5.41) is 2.95. The molecule has 1 aromatic rings. The molecule has 0 saturated carbocycles. The monoisotopic (exact) mass is 265 g/mol. The van der Waals surface area contributed by atoms with Crippen LogP contribution in [0.2, 0.25) is 0 Å². The number of nitrogens with zero attached hydrogens (tertiary/aromatic N) is 1. The Morgan fingerprint density at radius 3 is 3.17 bits per heavy atom. The number of nitrogens with two attached hydrogens (primary N) is 1. The average Bonchev–Trinajstić information content (AvgIpc) is 2.38. The SMILES string of the molecule is CCCCNC(=O)N1CCSc2ccc(N)cc21. The fourth-order valence-electron chi connectivity index (χ4n) is 1.91. The zero-order valence-electron chi connectivity index (χ0n) is 10.6. The van der Waals surface area contributed by atoms with E-state index in [0.29, 0.717) is 5.69 Å². The van der Waals surface area contributed by atoms with Gasteiger partial charge in [-0.2, -0.15) is 0 Å². The normalized spacial score (nSPS) is 14.2. The zero-order valence-corrected chi connectivity index (χ0v) is 11.4. The second-order valence-electron chi connectivity index (χ2n) is 4.31. The van der Waals surface area contributed by atoms with Crippen molar-refractivity contribution in [1.82, 2.24) is 5.32 Å². The van der Waals surface area contributed by atoms with Crippen molar-refractivity contribution >= 4 is 29.2 Å². The van der Waals surface area contributed by atoms with Gasteiger partial charge in [-0.1, -0.05) is 13.3 Å². The molecule has 0 unspecified atom stereocenters. The topological polar surface area (TPSA) is 58.4 Å². The molecule has 0 bridgehead atoms. The van der Waals surface area contributed by atoms with Crippen LogP contribution in [-0.2, 0) is 0 Å². The number of fused-ring (bicyclic) bond motifs is 1. The van der Waals surface area contributed by atoms with E-state index in [-0.39, 0.29) is 6.03 Å². The van der Waals surface area contributed by atoms with E-state index in [4.69, 9.17) is 5.73 Å². The molecule has 5 heteroatoms. The summed E-state index contributed by atoms with van der Waals surface area (Å²) < 4.78 is 0. The molecule has 1 heterocycles. The number of benzene rings is 1. The van der Waals surface area contributed by atoms with E-state index in [1.807, 2.05) is 18.2 Å². The molecule has 0 atom stereocenters. The summed E-state index contributed by atoms with van der Waals surface area (Å²) in [6.07, 6.45) is 2.10. The third-order valence-electron chi connectivity index (χ3n) is 2.90. The van der Waals surface area contributed by atoms with Gasteiger partial charge in [-0.05, 0) is 24.6 Å². The molecular formula is C13H19N3OS. The van der Waals surface area contributed by atoms with E-state index in [1.54, 1.807) is 16.7 Å². The van der Waals surface area contributed by atoms with Gasteiger partial charge in [0.25, 0.3) is 0 Å². The van der Waals surface area contributed by atoms with Crippen molar-refractivity contribution in [2.75, 3.05) is 29.5 Å². The summed E-state index contributed by atoms with van der Waals surface area (Å²) in [6, 6.07) is 5.72. The van der Waals surface area contributed by atoms with Crippen molar-refractivity contribution in [1.29, 1.82) is 0 Å². The summed E-state index contributed by atoms with van der Waals surface area (Å²) >= 11 is 1.77. The first-order valence-corrected chi connectivity index (χ1v) is 7.28. The maximum Gasteiger partial charge on any atom is 0.321 e. The number of anilines is 2. The van der Waals surface area contributed by atoms with Crippen LogP contribution >= 0.6 is 11.8 Å². The van der Waals surface area contributed by atoms with E-state index >= 15 is 0 Å². The van der Waals surface area contributed by atoms with E-state index in [1.165, 1.54) is 0 Å². The maximum atomic E-state index is 12.1. The molecule has 0 fully saturated rings. The average molecular weight is 265 g/mol. The van der Waals surface area contributed by atoms with E-state index < -0.39 is 0 Å². The highest BCUT2D eigenvalue weighted by molar-refractivity contribution is 7.99. The molecule has 0 spiro atoms. The second-order valence-corrected chi connectivity index (χ2v) is 5.45. The molecule has 1 aromatic carbocycles. The number of nitrogen functional groups attached to an aromatic ring is 1. The van der Waals surface area contributed by atoms with E-state index in [9.17, 15) is 4.79 Å². The molecule has 3 N–H and O–H groups in total. The predicted molar refractivity (Wildman–Crippen MR) is 77.2 cm³/mol. The highest BCUT2D eigenvalue weighted by atomic mass is 32.2. The Balaban J connectivity index is 2.11. The number of hydrogen-bond acceptors (Lipinski definition) is 3. The molecule has 18 heavy (non-hydrogen) atoms. The third kappa shape index (κ3) is 2.90. The highest BCUT2D eigenvalue weighted by Gasteiger charge is 2.22. The number of carbonyl (C=O) groups excluding carboxylic acids is 1. The fourth-order valence-corrected chi connectivity index (χ4v) is 2.89.